The molecule has 0 aromatic carbocycles. The quantitative estimate of drug-likeness (QED) is 0.459. The molecule has 1 unspecified atom stereocenters. The van der Waals surface area contributed by atoms with E-state index in [1.165, 1.54) is 18.5 Å². The van der Waals surface area contributed by atoms with Crippen LogP contribution < -0.4 is 10.6 Å². The van der Waals surface area contributed by atoms with E-state index in [9.17, 15) is 0 Å². The number of aromatic nitrogens is 1. The van der Waals surface area contributed by atoms with Crippen LogP contribution in [0.25, 0.3) is 0 Å². The van der Waals surface area contributed by atoms with Crippen LogP contribution in [0.5, 0.6) is 0 Å². The minimum atomic E-state index is 0.307. The molecule has 1 aliphatic rings. The Hall–Kier alpha value is -1.18. The number of piperidine rings is 1. The van der Waals surface area contributed by atoms with Crippen molar-refractivity contribution in [1.29, 1.82) is 0 Å². The molecule has 160 valence electrons. The van der Waals surface area contributed by atoms with E-state index in [0.717, 1.165) is 56.7 Å². The average molecular weight is 410 g/mol. The molecule has 0 bridgehead atoms. The smallest absolute Gasteiger partial charge is 0.190 e. The molecule has 2 heterocycles. The number of nitrogens with one attached hydrogen (secondary N) is 2. The molecule has 2 N–H and O–H groups in total. The molecule has 0 aliphatic carbocycles. The molecule has 1 fully saturated rings. The van der Waals surface area contributed by atoms with Gasteiger partial charge in [-0.15, -0.1) is 11.3 Å². The molecule has 0 radical (unpaired) electrons. The standard InChI is InChI=1S/C21H39N5OS/c1-6-27-20(16(2)3)7-10-23-21(22-5)24-13-18-8-11-26(12-9-18)14-19-15-28-17(4)25-19/h15-16,18,20H,6-14H2,1-5H3,(H2,22,23,24). The molecule has 28 heavy (non-hydrogen) atoms. The van der Waals surface area contributed by atoms with Gasteiger partial charge in [0.1, 0.15) is 0 Å². The van der Waals surface area contributed by atoms with Gasteiger partial charge in [0.15, 0.2) is 5.96 Å². The van der Waals surface area contributed by atoms with Crippen LogP contribution in [0.4, 0.5) is 0 Å². The number of rotatable bonds is 10. The molecule has 2 rings (SSSR count). The number of guanidine groups is 1. The first-order valence-electron chi connectivity index (χ1n) is 10.7. The zero-order valence-electron chi connectivity index (χ0n) is 18.3. The Morgan fingerprint density at radius 1 is 1.36 bits per heavy atom. The highest BCUT2D eigenvalue weighted by Gasteiger charge is 2.20. The molecule has 0 saturated carbocycles. The Balaban J connectivity index is 1.63. The third kappa shape index (κ3) is 8.05. The minimum Gasteiger partial charge on any atom is -0.378 e. The van der Waals surface area contributed by atoms with Gasteiger partial charge in [0.2, 0.25) is 0 Å². The largest absolute Gasteiger partial charge is 0.378 e. The predicted molar refractivity (Wildman–Crippen MR) is 119 cm³/mol. The zero-order chi connectivity index (χ0) is 20.4. The van der Waals surface area contributed by atoms with Crippen LogP contribution in [0.1, 0.15) is 50.7 Å². The second kappa shape index (κ2) is 12.4. The molecular weight excluding hydrogens is 370 g/mol. The van der Waals surface area contributed by atoms with Crippen molar-refractivity contribution in [3.8, 4) is 0 Å². The monoisotopic (exact) mass is 409 g/mol. The lowest BCUT2D eigenvalue weighted by atomic mass is 9.97. The maximum atomic E-state index is 5.82. The second-order valence-corrected chi connectivity index (χ2v) is 9.05. The Bertz CT molecular complexity index is 581. The number of aryl methyl sites for hydroxylation is 1. The first-order valence-corrected chi connectivity index (χ1v) is 11.6. The van der Waals surface area contributed by atoms with Crippen molar-refractivity contribution in [2.45, 2.75) is 59.6 Å². The molecule has 0 amide bonds. The van der Waals surface area contributed by atoms with Crippen molar-refractivity contribution in [2.24, 2.45) is 16.8 Å². The molecule has 7 heteroatoms. The van der Waals surface area contributed by atoms with Gasteiger partial charge in [-0.05, 0) is 58.0 Å². The van der Waals surface area contributed by atoms with Crippen molar-refractivity contribution in [3.63, 3.8) is 0 Å². The van der Waals surface area contributed by atoms with Crippen molar-refractivity contribution >= 4 is 17.3 Å². The highest BCUT2D eigenvalue weighted by Crippen LogP contribution is 2.19. The number of hydrogen-bond acceptors (Lipinski definition) is 5. The van der Waals surface area contributed by atoms with Crippen LogP contribution >= 0.6 is 11.3 Å². The summed E-state index contributed by atoms with van der Waals surface area (Å²) in [6.45, 7) is 14.5. The van der Waals surface area contributed by atoms with Crippen molar-refractivity contribution in [1.82, 2.24) is 20.5 Å². The highest BCUT2D eigenvalue weighted by atomic mass is 32.1. The van der Waals surface area contributed by atoms with Gasteiger partial charge in [0, 0.05) is 38.7 Å². The number of thiazole rings is 1. The van der Waals surface area contributed by atoms with Crippen molar-refractivity contribution in [3.05, 3.63) is 16.1 Å². The second-order valence-electron chi connectivity index (χ2n) is 7.98. The summed E-state index contributed by atoms with van der Waals surface area (Å²) in [4.78, 5) is 11.5. The van der Waals surface area contributed by atoms with Crippen LogP contribution in [-0.2, 0) is 11.3 Å². The third-order valence-electron chi connectivity index (χ3n) is 5.39. The van der Waals surface area contributed by atoms with Crippen molar-refractivity contribution < 1.29 is 4.74 Å². The average Bonchev–Trinajstić information content (AvgIpc) is 3.09. The topological polar surface area (TPSA) is 61.8 Å². The summed E-state index contributed by atoms with van der Waals surface area (Å²) >= 11 is 1.74. The van der Waals surface area contributed by atoms with E-state index in [2.05, 4.69) is 58.6 Å². The van der Waals surface area contributed by atoms with Crippen LogP contribution in [0.15, 0.2) is 10.4 Å². The van der Waals surface area contributed by atoms with Gasteiger partial charge >= 0.3 is 0 Å². The normalized spacial score (nSPS) is 17.9. The van der Waals surface area contributed by atoms with Gasteiger partial charge < -0.3 is 15.4 Å². The first-order chi connectivity index (χ1) is 13.5. The number of ether oxygens (including phenoxy) is 1. The fraction of sp³-hybridized carbons (Fsp3) is 0.810. The number of aliphatic imine (C=N–C) groups is 1. The predicted octanol–water partition coefficient (Wildman–Crippen LogP) is 3.28. The molecule has 1 atom stereocenters. The van der Waals surface area contributed by atoms with E-state index < -0.39 is 0 Å². The van der Waals surface area contributed by atoms with Gasteiger partial charge in [0.05, 0.1) is 16.8 Å². The van der Waals surface area contributed by atoms with Gasteiger partial charge in [-0.2, -0.15) is 0 Å². The number of likely N-dealkylation sites (tertiary alicyclic amines) is 1. The van der Waals surface area contributed by atoms with E-state index in [1.807, 2.05) is 7.05 Å². The lowest BCUT2D eigenvalue weighted by Crippen LogP contribution is -2.43. The molecule has 1 saturated heterocycles. The van der Waals surface area contributed by atoms with E-state index in [-0.39, 0.29) is 0 Å². The summed E-state index contributed by atoms with van der Waals surface area (Å²) in [6.07, 6.45) is 3.77. The minimum absolute atomic E-state index is 0.307. The summed E-state index contributed by atoms with van der Waals surface area (Å²) in [5.41, 5.74) is 1.22. The molecule has 1 aliphatic heterocycles. The van der Waals surface area contributed by atoms with Gasteiger partial charge in [0.25, 0.3) is 0 Å². The summed E-state index contributed by atoms with van der Waals surface area (Å²) < 4.78 is 5.82. The maximum Gasteiger partial charge on any atom is 0.190 e. The lowest BCUT2D eigenvalue weighted by Gasteiger charge is -2.31. The lowest BCUT2D eigenvalue weighted by molar-refractivity contribution is 0.0258. The fourth-order valence-electron chi connectivity index (χ4n) is 3.68. The van der Waals surface area contributed by atoms with Gasteiger partial charge in [-0.1, -0.05) is 13.8 Å². The maximum absolute atomic E-state index is 5.82. The highest BCUT2D eigenvalue weighted by molar-refractivity contribution is 7.09. The third-order valence-corrected chi connectivity index (χ3v) is 6.21. The van der Waals surface area contributed by atoms with E-state index in [4.69, 9.17) is 4.74 Å². The number of hydrogen-bond donors (Lipinski definition) is 2. The van der Waals surface area contributed by atoms with Crippen LogP contribution in [0.3, 0.4) is 0 Å². The van der Waals surface area contributed by atoms with E-state index in [1.54, 1.807) is 11.3 Å². The molecule has 1 aromatic rings. The van der Waals surface area contributed by atoms with Crippen LogP contribution in [0.2, 0.25) is 0 Å². The molecule has 6 nitrogen and oxygen atoms in total. The Morgan fingerprint density at radius 2 is 2.11 bits per heavy atom. The zero-order valence-corrected chi connectivity index (χ0v) is 19.1. The first kappa shape index (κ1) is 23.1. The van der Waals surface area contributed by atoms with Gasteiger partial charge in [-0.25, -0.2) is 4.98 Å². The van der Waals surface area contributed by atoms with Crippen LogP contribution in [-0.4, -0.2) is 61.8 Å². The summed E-state index contributed by atoms with van der Waals surface area (Å²) in [5.74, 6) is 2.15. The summed E-state index contributed by atoms with van der Waals surface area (Å²) in [5, 5.41) is 10.3. The molecular formula is C21H39N5OS. The summed E-state index contributed by atoms with van der Waals surface area (Å²) in [6, 6.07) is 0. The fourth-order valence-corrected chi connectivity index (χ4v) is 4.28. The Morgan fingerprint density at radius 3 is 2.68 bits per heavy atom. The van der Waals surface area contributed by atoms with E-state index >= 15 is 0 Å². The Labute approximate surface area is 175 Å². The molecule has 1 aromatic heterocycles. The van der Waals surface area contributed by atoms with E-state index in [0.29, 0.717) is 17.9 Å². The number of nitrogens with zero attached hydrogens (tertiary/aromatic N) is 3. The Kier molecular flexibility index (Phi) is 10.2. The van der Waals surface area contributed by atoms with Crippen molar-refractivity contribution in [2.75, 3.05) is 39.8 Å². The van der Waals surface area contributed by atoms with Gasteiger partial charge in [-0.3, -0.25) is 9.89 Å². The summed E-state index contributed by atoms with van der Waals surface area (Å²) in [7, 11) is 1.84. The molecule has 0 spiro atoms. The van der Waals surface area contributed by atoms with Crippen LogP contribution in [0, 0.1) is 18.8 Å². The SMILES string of the molecule is CCOC(CCNC(=NC)NCC1CCN(Cc2csc(C)n2)CC1)C(C)C.